The predicted octanol–water partition coefficient (Wildman–Crippen LogP) is 4.51. The number of benzene rings is 2. The van der Waals surface area contributed by atoms with E-state index < -0.39 is 0 Å². The van der Waals surface area contributed by atoms with Crippen molar-refractivity contribution in [3.63, 3.8) is 0 Å². The third-order valence-electron chi connectivity index (χ3n) is 4.30. The average molecular weight is 277 g/mol. The zero-order valence-electron chi connectivity index (χ0n) is 14.2. The first-order valence-electron chi connectivity index (χ1n) is 8.02. The molecule has 106 valence electrons. The topological polar surface area (TPSA) is 3.88 Å². The van der Waals surface area contributed by atoms with Gasteiger partial charge in [-0.15, -0.1) is 0 Å². The number of nitrogens with zero attached hydrogens (tertiary/aromatic N) is 1. The van der Waals surface area contributed by atoms with Gasteiger partial charge in [0.05, 0.1) is 6.76 Å². The summed E-state index contributed by atoms with van der Waals surface area (Å²) in [5.74, 6) is 0. The normalized spacial score (nSPS) is 11.7. The summed E-state index contributed by atoms with van der Waals surface area (Å²) in [6.45, 7) is 6.37. The maximum absolute atomic E-state index is 8.40. The lowest BCUT2D eigenvalue weighted by Gasteiger charge is -2.11. The molecule has 0 saturated carbocycles. The minimum absolute atomic E-state index is 0.617. The van der Waals surface area contributed by atoms with Crippen molar-refractivity contribution in [3.8, 4) is 11.3 Å². The van der Waals surface area contributed by atoms with Crippen LogP contribution in [0.3, 0.4) is 0 Å². The molecule has 0 atom stereocenters. The molecule has 0 N–H and O–H groups in total. The van der Waals surface area contributed by atoms with E-state index in [1.807, 2.05) is 19.1 Å². The Morgan fingerprint density at radius 2 is 1.86 bits per heavy atom. The molecule has 3 rings (SSSR count). The van der Waals surface area contributed by atoms with Crippen LogP contribution in [-0.4, -0.2) is 0 Å². The first kappa shape index (κ1) is 12.6. The molecule has 0 aliphatic rings. The van der Waals surface area contributed by atoms with Crippen molar-refractivity contribution in [2.75, 3.05) is 0 Å². The number of fused-ring (bicyclic) bond motifs is 1. The number of hydrogen-bond donors (Lipinski definition) is 0. The summed E-state index contributed by atoms with van der Waals surface area (Å²) in [6.07, 6.45) is 1.03. The molecule has 1 aromatic heterocycles. The van der Waals surface area contributed by atoms with Crippen LogP contribution in [0, 0.1) is 13.8 Å². The summed E-state index contributed by atoms with van der Waals surface area (Å²) < 4.78 is 10.6. The van der Waals surface area contributed by atoms with Crippen LogP contribution in [0.1, 0.15) is 25.1 Å². The van der Waals surface area contributed by atoms with E-state index in [9.17, 15) is 0 Å². The molecule has 0 aliphatic heterocycles. The summed E-state index contributed by atoms with van der Waals surface area (Å²) >= 11 is 0. The highest BCUT2D eigenvalue weighted by atomic mass is 14.9. The largest absolute Gasteiger partial charge is 0.220 e. The molecule has 3 aromatic rings. The average Bonchev–Trinajstić information content (AvgIpc) is 2.54. The predicted molar refractivity (Wildman–Crippen MR) is 89.4 cm³/mol. The lowest BCUT2D eigenvalue weighted by atomic mass is 9.96. The Morgan fingerprint density at radius 1 is 1.10 bits per heavy atom. The SMILES string of the molecule is [2H]c1c(C)[n+](C)c(-c2cc(CC)ccc2C)c2ccccc12. The van der Waals surface area contributed by atoms with Gasteiger partial charge in [-0.1, -0.05) is 37.3 Å². The van der Waals surface area contributed by atoms with Crippen LogP contribution in [0.5, 0.6) is 0 Å². The number of hydrogen-bond acceptors (Lipinski definition) is 0. The fourth-order valence-corrected chi connectivity index (χ4v) is 2.90. The van der Waals surface area contributed by atoms with Crippen LogP contribution in [0.25, 0.3) is 22.0 Å². The van der Waals surface area contributed by atoms with E-state index in [-0.39, 0.29) is 0 Å². The maximum atomic E-state index is 8.40. The number of aromatic nitrogens is 1. The van der Waals surface area contributed by atoms with E-state index >= 15 is 0 Å². The van der Waals surface area contributed by atoms with E-state index in [0.29, 0.717) is 6.04 Å². The van der Waals surface area contributed by atoms with Crippen LogP contribution in [0.4, 0.5) is 0 Å². The van der Waals surface area contributed by atoms with Crippen LogP contribution in [0.2, 0.25) is 0 Å². The van der Waals surface area contributed by atoms with Gasteiger partial charge in [-0.25, -0.2) is 0 Å². The van der Waals surface area contributed by atoms with Gasteiger partial charge < -0.3 is 0 Å². The van der Waals surface area contributed by atoms with Crippen molar-refractivity contribution in [1.29, 1.82) is 0 Å². The molecule has 0 bridgehead atoms. The van der Waals surface area contributed by atoms with E-state index in [1.165, 1.54) is 22.4 Å². The molecule has 21 heavy (non-hydrogen) atoms. The molecule has 0 radical (unpaired) electrons. The summed E-state index contributed by atoms with van der Waals surface area (Å²) in [6, 6.07) is 15.6. The molecule has 2 aromatic carbocycles. The second-order valence-corrected chi connectivity index (χ2v) is 5.67. The smallest absolute Gasteiger partial charge is 0.198 e. The molecule has 1 heterocycles. The first-order chi connectivity index (χ1) is 10.5. The fraction of sp³-hybridized carbons (Fsp3) is 0.250. The minimum Gasteiger partial charge on any atom is -0.198 e. The summed E-state index contributed by atoms with van der Waals surface area (Å²) in [5, 5.41) is 2.17. The van der Waals surface area contributed by atoms with Crippen molar-refractivity contribution in [3.05, 3.63) is 65.3 Å². The highest BCUT2D eigenvalue weighted by Gasteiger charge is 2.19. The van der Waals surface area contributed by atoms with Gasteiger partial charge in [0.1, 0.15) is 7.05 Å². The third-order valence-corrected chi connectivity index (χ3v) is 4.30. The molecule has 0 fully saturated rings. The lowest BCUT2D eigenvalue weighted by molar-refractivity contribution is -0.665. The zero-order chi connectivity index (χ0) is 15.9. The summed E-state index contributed by atoms with van der Waals surface area (Å²) in [5.41, 5.74) is 6.08. The molecule has 1 heteroatoms. The molecule has 0 unspecified atom stereocenters. The molecule has 1 nitrogen and oxygen atoms in total. The Labute approximate surface area is 128 Å². The Hall–Kier alpha value is -2.15. The second-order valence-electron chi connectivity index (χ2n) is 5.67. The van der Waals surface area contributed by atoms with Crippen molar-refractivity contribution < 1.29 is 5.94 Å². The van der Waals surface area contributed by atoms with E-state index in [4.69, 9.17) is 1.37 Å². The van der Waals surface area contributed by atoms with E-state index in [1.54, 1.807) is 0 Å². The first-order valence-corrected chi connectivity index (χ1v) is 7.52. The van der Waals surface area contributed by atoms with Gasteiger partial charge in [-0.2, -0.15) is 4.57 Å². The van der Waals surface area contributed by atoms with Gasteiger partial charge in [0.25, 0.3) is 0 Å². The van der Waals surface area contributed by atoms with Crippen molar-refractivity contribution >= 4 is 10.8 Å². The molecular weight excluding hydrogens is 254 g/mol. The van der Waals surface area contributed by atoms with E-state index in [2.05, 4.69) is 55.8 Å². The van der Waals surface area contributed by atoms with Crippen molar-refractivity contribution in [2.24, 2.45) is 7.05 Å². The van der Waals surface area contributed by atoms with Crippen molar-refractivity contribution in [1.82, 2.24) is 0 Å². The second kappa shape index (κ2) is 5.33. The van der Waals surface area contributed by atoms with Crippen LogP contribution >= 0.6 is 0 Å². The standard InChI is InChI=1S/C20H22N/c1-5-16-11-10-14(2)19(13-16)20-18-9-7-6-8-17(18)12-15(3)21(20)4/h6-13H,5H2,1-4H3/q+1/i12D. The molecule has 0 saturated heterocycles. The van der Waals surface area contributed by atoms with Gasteiger partial charge >= 0.3 is 0 Å². The summed E-state index contributed by atoms with van der Waals surface area (Å²) in [7, 11) is 2.06. The van der Waals surface area contributed by atoms with E-state index in [0.717, 1.165) is 22.9 Å². The Balaban J connectivity index is 2.46. The molecule has 0 spiro atoms. The van der Waals surface area contributed by atoms with Crippen LogP contribution < -0.4 is 4.57 Å². The quantitative estimate of drug-likeness (QED) is 0.607. The van der Waals surface area contributed by atoms with Crippen molar-refractivity contribution in [2.45, 2.75) is 27.2 Å². The fourth-order valence-electron chi connectivity index (χ4n) is 2.90. The maximum Gasteiger partial charge on any atom is 0.220 e. The Kier molecular flexibility index (Phi) is 3.19. The summed E-state index contributed by atoms with van der Waals surface area (Å²) in [4.78, 5) is 0. The molecule has 0 amide bonds. The van der Waals surface area contributed by atoms with Gasteiger partial charge in [-0.05, 0) is 42.0 Å². The Morgan fingerprint density at radius 3 is 2.62 bits per heavy atom. The highest BCUT2D eigenvalue weighted by Crippen LogP contribution is 2.29. The molecular formula is C20H22N+. The lowest BCUT2D eigenvalue weighted by Crippen LogP contribution is -2.35. The van der Waals surface area contributed by atoms with Crippen LogP contribution in [-0.2, 0) is 13.5 Å². The van der Waals surface area contributed by atoms with Gasteiger partial charge in [0.15, 0.2) is 5.69 Å². The number of pyridine rings is 1. The zero-order valence-corrected chi connectivity index (χ0v) is 13.2. The molecule has 0 aliphatic carbocycles. The number of rotatable bonds is 2. The van der Waals surface area contributed by atoms with Gasteiger partial charge in [-0.3, -0.25) is 0 Å². The third kappa shape index (κ3) is 2.33. The monoisotopic (exact) mass is 277 g/mol. The highest BCUT2D eigenvalue weighted by molar-refractivity contribution is 5.93. The minimum atomic E-state index is 0.617. The van der Waals surface area contributed by atoms with Gasteiger partial charge in [0.2, 0.25) is 5.69 Å². The number of aryl methyl sites for hydroxylation is 2. The van der Waals surface area contributed by atoms with Crippen LogP contribution in [0.15, 0.2) is 48.5 Å². The van der Waals surface area contributed by atoms with Gasteiger partial charge in [0, 0.05) is 18.5 Å². The Bertz CT molecular complexity index is 865.